The number of hydrogen-bond donors (Lipinski definition) is 0. The van der Waals surface area contributed by atoms with Crippen LogP contribution in [0.1, 0.15) is 21.8 Å². The predicted octanol–water partition coefficient (Wildman–Crippen LogP) is 2.64. The highest BCUT2D eigenvalue weighted by Gasteiger charge is 2.43. The van der Waals surface area contributed by atoms with Crippen molar-refractivity contribution >= 4 is 34.8 Å². The van der Waals surface area contributed by atoms with Crippen molar-refractivity contribution in [3.05, 3.63) is 45.4 Å². The van der Waals surface area contributed by atoms with Crippen molar-refractivity contribution in [2.75, 3.05) is 52.6 Å². The summed E-state index contributed by atoms with van der Waals surface area (Å²) in [7, 11) is 0. The number of morpholine rings is 2. The Kier molecular flexibility index (Phi) is 7.30. The third kappa shape index (κ3) is 5.40. The average molecular weight is 480 g/mol. The molecule has 2 aliphatic heterocycles. The summed E-state index contributed by atoms with van der Waals surface area (Å²) in [5, 5.41) is 0.558. The molecule has 0 bridgehead atoms. The lowest BCUT2D eigenvalue weighted by atomic mass is 9.96. The maximum absolute atomic E-state index is 13.1. The smallest absolute Gasteiger partial charge is 0.266 e. The summed E-state index contributed by atoms with van der Waals surface area (Å²) in [5.74, 6) is 0.451. The number of amides is 2. The number of carbonyl (C=O) groups is 2. The molecule has 172 valence electrons. The maximum atomic E-state index is 13.1. The van der Waals surface area contributed by atoms with Crippen LogP contribution in [0.25, 0.3) is 0 Å². The van der Waals surface area contributed by atoms with Crippen LogP contribution in [0.2, 0.25) is 5.02 Å². The standard InChI is InChI=1S/C22H26ClN3O5S/c1-16-20(32-15-24-16)21(28)26-7-10-31-22(13-26,12-19(27)25-5-8-29-9-6-25)14-30-18-4-2-3-17(23)11-18/h2-4,11,15H,5-10,12-14H2,1H3/t22-/m0/s1. The Labute approximate surface area is 196 Å². The van der Waals surface area contributed by atoms with Gasteiger partial charge < -0.3 is 24.0 Å². The van der Waals surface area contributed by atoms with Crippen molar-refractivity contribution in [1.82, 2.24) is 14.8 Å². The first-order valence-corrected chi connectivity index (χ1v) is 11.8. The first kappa shape index (κ1) is 23.0. The van der Waals surface area contributed by atoms with E-state index in [4.69, 9.17) is 25.8 Å². The molecule has 2 saturated heterocycles. The molecule has 1 aromatic carbocycles. The monoisotopic (exact) mass is 479 g/mol. The lowest BCUT2D eigenvalue weighted by molar-refractivity contribution is -0.155. The molecular weight excluding hydrogens is 454 g/mol. The zero-order chi connectivity index (χ0) is 22.6. The lowest BCUT2D eigenvalue weighted by Gasteiger charge is -2.43. The Bertz CT molecular complexity index is 965. The first-order chi connectivity index (χ1) is 15.5. The molecule has 8 nitrogen and oxygen atoms in total. The largest absolute Gasteiger partial charge is 0.490 e. The van der Waals surface area contributed by atoms with Crippen LogP contribution in [0.4, 0.5) is 0 Å². The van der Waals surface area contributed by atoms with Gasteiger partial charge in [0.25, 0.3) is 5.91 Å². The third-order valence-electron chi connectivity index (χ3n) is 5.61. The number of carbonyl (C=O) groups excluding carboxylic acids is 2. The molecule has 0 aliphatic carbocycles. The van der Waals surface area contributed by atoms with Crippen molar-refractivity contribution in [3.8, 4) is 5.75 Å². The molecule has 0 radical (unpaired) electrons. The molecule has 3 heterocycles. The fourth-order valence-corrected chi connectivity index (χ4v) is 4.84. The van der Waals surface area contributed by atoms with E-state index < -0.39 is 5.60 Å². The van der Waals surface area contributed by atoms with Gasteiger partial charge in [-0.15, -0.1) is 11.3 Å². The highest BCUT2D eigenvalue weighted by Crippen LogP contribution is 2.28. The summed E-state index contributed by atoms with van der Waals surface area (Å²) >= 11 is 7.40. The second kappa shape index (κ2) is 10.2. The van der Waals surface area contributed by atoms with Gasteiger partial charge in [-0.05, 0) is 25.1 Å². The minimum absolute atomic E-state index is 0.0359. The van der Waals surface area contributed by atoms with Crippen LogP contribution in [-0.4, -0.2) is 84.8 Å². The molecule has 0 spiro atoms. The Balaban J connectivity index is 1.53. The predicted molar refractivity (Wildman–Crippen MR) is 120 cm³/mol. The van der Waals surface area contributed by atoms with Crippen LogP contribution in [0.15, 0.2) is 29.8 Å². The molecule has 4 rings (SSSR count). The van der Waals surface area contributed by atoms with E-state index in [0.29, 0.717) is 60.8 Å². The van der Waals surface area contributed by atoms with E-state index in [1.807, 2.05) is 6.92 Å². The van der Waals surface area contributed by atoms with Crippen molar-refractivity contribution in [3.63, 3.8) is 0 Å². The zero-order valence-electron chi connectivity index (χ0n) is 17.9. The molecule has 2 aromatic rings. The minimum Gasteiger partial charge on any atom is -0.490 e. The van der Waals surface area contributed by atoms with E-state index in [1.54, 1.807) is 39.6 Å². The van der Waals surface area contributed by atoms with E-state index in [2.05, 4.69) is 4.98 Å². The number of hydrogen-bond acceptors (Lipinski definition) is 7. The molecular formula is C22H26ClN3O5S. The first-order valence-electron chi connectivity index (χ1n) is 10.5. The average Bonchev–Trinajstić information content (AvgIpc) is 3.24. The van der Waals surface area contributed by atoms with Gasteiger partial charge in [-0.3, -0.25) is 9.59 Å². The molecule has 32 heavy (non-hydrogen) atoms. The zero-order valence-corrected chi connectivity index (χ0v) is 19.5. The van der Waals surface area contributed by atoms with Gasteiger partial charge in [-0.2, -0.15) is 0 Å². The lowest BCUT2D eigenvalue weighted by Crippen LogP contribution is -2.58. The summed E-state index contributed by atoms with van der Waals surface area (Å²) in [6, 6.07) is 7.08. The van der Waals surface area contributed by atoms with E-state index in [9.17, 15) is 9.59 Å². The molecule has 1 aromatic heterocycles. The molecule has 2 fully saturated rings. The number of ether oxygens (including phenoxy) is 3. The molecule has 1 atom stereocenters. The van der Waals surface area contributed by atoms with Crippen molar-refractivity contribution in [1.29, 1.82) is 0 Å². The Morgan fingerprint density at radius 2 is 2.00 bits per heavy atom. The fourth-order valence-electron chi connectivity index (χ4n) is 3.89. The SMILES string of the molecule is Cc1ncsc1C(=O)N1CCO[C@@](COc2cccc(Cl)c2)(CC(=O)N2CCOCC2)C1. The van der Waals surface area contributed by atoms with Gasteiger partial charge >= 0.3 is 0 Å². The Morgan fingerprint density at radius 3 is 2.72 bits per heavy atom. The van der Waals surface area contributed by atoms with Gasteiger partial charge in [0.2, 0.25) is 5.91 Å². The summed E-state index contributed by atoms with van der Waals surface area (Å²) in [5.41, 5.74) is 1.40. The minimum atomic E-state index is -0.968. The molecule has 2 aliphatic rings. The highest BCUT2D eigenvalue weighted by molar-refractivity contribution is 7.11. The van der Waals surface area contributed by atoms with Crippen molar-refractivity contribution in [2.24, 2.45) is 0 Å². The third-order valence-corrected chi connectivity index (χ3v) is 6.76. The molecule has 0 saturated carbocycles. The van der Waals surface area contributed by atoms with E-state index in [0.717, 1.165) is 0 Å². The summed E-state index contributed by atoms with van der Waals surface area (Å²) in [6.45, 7) is 5.09. The number of thiazole rings is 1. The maximum Gasteiger partial charge on any atom is 0.266 e. The van der Waals surface area contributed by atoms with Gasteiger partial charge in [0.05, 0.1) is 44.0 Å². The quantitative estimate of drug-likeness (QED) is 0.633. The van der Waals surface area contributed by atoms with Gasteiger partial charge in [0.15, 0.2) is 0 Å². The Hall–Kier alpha value is -2.20. The van der Waals surface area contributed by atoms with Crippen LogP contribution in [0.5, 0.6) is 5.75 Å². The fraction of sp³-hybridized carbons (Fsp3) is 0.500. The molecule has 0 N–H and O–H groups in total. The number of rotatable bonds is 6. The normalized spacial score (nSPS) is 21.4. The summed E-state index contributed by atoms with van der Waals surface area (Å²) < 4.78 is 17.5. The number of aromatic nitrogens is 1. The van der Waals surface area contributed by atoms with Gasteiger partial charge in [0.1, 0.15) is 22.8 Å². The molecule has 0 unspecified atom stereocenters. The second-order valence-corrected chi connectivity index (χ2v) is 9.23. The Morgan fingerprint density at radius 1 is 1.22 bits per heavy atom. The van der Waals surface area contributed by atoms with Crippen LogP contribution in [0.3, 0.4) is 0 Å². The van der Waals surface area contributed by atoms with Crippen LogP contribution >= 0.6 is 22.9 Å². The van der Waals surface area contributed by atoms with E-state index in [-0.39, 0.29) is 31.4 Å². The van der Waals surface area contributed by atoms with Gasteiger partial charge in [-0.25, -0.2) is 4.98 Å². The molecule has 2 amide bonds. The second-order valence-electron chi connectivity index (χ2n) is 7.94. The number of halogens is 1. The van der Waals surface area contributed by atoms with Gasteiger partial charge in [-0.1, -0.05) is 17.7 Å². The number of aryl methyl sites for hydroxylation is 1. The summed E-state index contributed by atoms with van der Waals surface area (Å²) in [6.07, 6.45) is 0.110. The number of nitrogens with zero attached hydrogens (tertiary/aromatic N) is 3. The van der Waals surface area contributed by atoms with Crippen LogP contribution < -0.4 is 4.74 Å². The van der Waals surface area contributed by atoms with Crippen molar-refractivity contribution < 1.29 is 23.8 Å². The van der Waals surface area contributed by atoms with Crippen LogP contribution in [-0.2, 0) is 14.3 Å². The van der Waals surface area contributed by atoms with Crippen LogP contribution in [0, 0.1) is 6.92 Å². The van der Waals surface area contributed by atoms with E-state index >= 15 is 0 Å². The topological polar surface area (TPSA) is 81.2 Å². The van der Waals surface area contributed by atoms with Gasteiger partial charge in [0, 0.05) is 24.7 Å². The highest BCUT2D eigenvalue weighted by atomic mass is 35.5. The molecule has 10 heteroatoms. The van der Waals surface area contributed by atoms with Crippen molar-refractivity contribution in [2.45, 2.75) is 18.9 Å². The van der Waals surface area contributed by atoms with E-state index in [1.165, 1.54) is 11.3 Å². The summed E-state index contributed by atoms with van der Waals surface area (Å²) in [4.78, 5) is 34.6. The number of benzene rings is 1.